The van der Waals surface area contributed by atoms with Gasteiger partial charge in [-0.1, -0.05) is 54.6 Å². The van der Waals surface area contributed by atoms with Gasteiger partial charge in [0.1, 0.15) is 11.7 Å². The maximum Gasteiger partial charge on any atom is 0.258 e. The molecule has 0 saturated carbocycles. The Hall–Kier alpha value is -5.35. The summed E-state index contributed by atoms with van der Waals surface area (Å²) < 4.78 is 2.18. The molecule has 0 aliphatic rings. The molecule has 45 heavy (non-hydrogen) atoms. The first-order chi connectivity index (χ1) is 21.9. The summed E-state index contributed by atoms with van der Waals surface area (Å²) in [7, 11) is 0. The van der Waals surface area contributed by atoms with Crippen molar-refractivity contribution in [1.29, 1.82) is 5.41 Å². The number of amides is 2. The minimum atomic E-state index is -0.168. The van der Waals surface area contributed by atoms with E-state index in [1.807, 2.05) is 78.9 Å². The van der Waals surface area contributed by atoms with Crippen molar-refractivity contribution in [3.63, 3.8) is 0 Å². The molecule has 0 radical (unpaired) electrons. The van der Waals surface area contributed by atoms with Gasteiger partial charge in [0.25, 0.3) is 5.91 Å². The molecule has 0 bridgehead atoms. The molecular weight excluding hydrogens is 564 g/mol. The summed E-state index contributed by atoms with van der Waals surface area (Å²) in [5.41, 5.74) is 17.1. The average Bonchev–Trinajstić information content (AvgIpc) is 3.41. The lowest BCUT2D eigenvalue weighted by molar-refractivity contribution is -0.120. The van der Waals surface area contributed by atoms with Gasteiger partial charge in [0, 0.05) is 49.9 Å². The number of imidazole rings is 1. The molecule has 0 spiro atoms. The number of nitrogens with one attached hydrogen (secondary N) is 2. The van der Waals surface area contributed by atoms with Gasteiger partial charge < -0.3 is 26.3 Å². The summed E-state index contributed by atoms with van der Waals surface area (Å²) >= 11 is 0. The smallest absolute Gasteiger partial charge is 0.258 e. The SMILES string of the molecule is N=C(N)c1ccc(CCc2nc3cc(C(=O)N(CCN)c4cccnc4)ccc3n2CCCNC(=O)Cc2ccccc2)cc1. The number of hydrogen-bond donors (Lipinski definition) is 4. The number of nitrogens with zero attached hydrogens (tertiary/aromatic N) is 4. The number of anilines is 1. The van der Waals surface area contributed by atoms with E-state index in [-0.39, 0.29) is 17.6 Å². The topological polar surface area (TPSA) is 156 Å². The van der Waals surface area contributed by atoms with E-state index >= 15 is 0 Å². The van der Waals surface area contributed by atoms with E-state index in [0.717, 1.165) is 40.8 Å². The minimum absolute atomic E-state index is 0.00951. The Morgan fingerprint density at radius 2 is 1.69 bits per heavy atom. The maximum absolute atomic E-state index is 13.6. The van der Waals surface area contributed by atoms with Crippen LogP contribution in [0.2, 0.25) is 0 Å². The minimum Gasteiger partial charge on any atom is -0.384 e. The Labute approximate surface area is 262 Å². The average molecular weight is 603 g/mol. The molecule has 2 heterocycles. The van der Waals surface area contributed by atoms with Crippen LogP contribution in [0.3, 0.4) is 0 Å². The molecule has 0 unspecified atom stereocenters. The molecule has 10 nitrogen and oxygen atoms in total. The number of carbonyl (C=O) groups is 2. The molecule has 5 aromatic rings. The van der Waals surface area contributed by atoms with E-state index in [9.17, 15) is 9.59 Å². The van der Waals surface area contributed by atoms with Gasteiger partial charge in [-0.15, -0.1) is 0 Å². The van der Waals surface area contributed by atoms with E-state index in [1.54, 1.807) is 23.4 Å². The van der Waals surface area contributed by atoms with Crippen LogP contribution in [0.15, 0.2) is 97.3 Å². The monoisotopic (exact) mass is 602 g/mol. The lowest BCUT2D eigenvalue weighted by Gasteiger charge is -2.21. The normalized spacial score (nSPS) is 11.0. The number of aryl methyl sites for hydroxylation is 3. The number of rotatable bonds is 14. The first kappa shape index (κ1) is 31.1. The van der Waals surface area contributed by atoms with Crippen LogP contribution >= 0.6 is 0 Å². The summed E-state index contributed by atoms with van der Waals surface area (Å²) in [5.74, 6) is 0.757. The second-order valence-corrected chi connectivity index (χ2v) is 10.8. The van der Waals surface area contributed by atoms with Crippen molar-refractivity contribution in [3.05, 3.63) is 125 Å². The molecular formula is C35H38N8O2. The molecule has 0 atom stereocenters. The van der Waals surface area contributed by atoms with E-state index in [0.29, 0.717) is 55.8 Å². The zero-order valence-electron chi connectivity index (χ0n) is 25.2. The van der Waals surface area contributed by atoms with Crippen LogP contribution in [0.4, 0.5) is 5.69 Å². The molecule has 5 rings (SSSR count). The highest BCUT2D eigenvalue weighted by molar-refractivity contribution is 6.07. The molecule has 6 N–H and O–H groups in total. The van der Waals surface area contributed by atoms with E-state index in [1.165, 1.54) is 0 Å². The highest BCUT2D eigenvalue weighted by Crippen LogP contribution is 2.23. The van der Waals surface area contributed by atoms with Gasteiger partial charge in [-0.05, 0) is 54.3 Å². The first-order valence-electron chi connectivity index (χ1n) is 15.1. The van der Waals surface area contributed by atoms with Crippen molar-refractivity contribution < 1.29 is 9.59 Å². The summed E-state index contributed by atoms with van der Waals surface area (Å²) in [4.78, 5) is 36.9. The number of amidine groups is 1. The second kappa shape index (κ2) is 14.9. The predicted molar refractivity (Wildman–Crippen MR) is 177 cm³/mol. The standard InChI is InChI=1S/C35H38N8O2/c36-17-21-42(29-8-4-18-39-24-29)35(45)28-14-15-31-30(23-28)41-32(16-11-25-9-12-27(13-10-25)34(37)38)43(31)20-5-19-40-33(44)22-26-6-2-1-3-7-26/h1-4,6-10,12-15,18,23-24H,5,11,16-17,19-22,36H2,(H3,37,38)(H,40,44). The zero-order chi connectivity index (χ0) is 31.6. The summed E-state index contributed by atoms with van der Waals surface area (Å²) in [6.07, 6.45) is 5.80. The molecule has 230 valence electrons. The van der Waals surface area contributed by atoms with E-state index < -0.39 is 0 Å². The number of pyridine rings is 1. The predicted octanol–water partition coefficient (Wildman–Crippen LogP) is 3.86. The lowest BCUT2D eigenvalue weighted by atomic mass is 10.1. The van der Waals surface area contributed by atoms with Gasteiger partial charge in [-0.3, -0.25) is 20.0 Å². The van der Waals surface area contributed by atoms with E-state index in [2.05, 4.69) is 14.9 Å². The number of nitrogen functional groups attached to an aromatic ring is 1. The van der Waals surface area contributed by atoms with Crippen LogP contribution in [-0.4, -0.2) is 51.8 Å². The largest absolute Gasteiger partial charge is 0.384 e. The van der Waals surface area contributed by atoms with Crippen molar-refractivity contribution in [2.45, 2.75) is 32.2 Å². The van der Waals surface area contributed by atoms with Gasteiger partial charge >= 0.3 is 0 Å². The van der Waals surface area contributed by atoms with Crippen LogP contribution in [0.1, 0.15) is 39.3 Å². The van der Waals surface area contributed by atoms with Crippen LogP contribution in [0, 0.1) is 5.41 Å². The highest BCUT2D eigenvalue weighted by Gasteiger charge is 2.20. The third kappa shape index (κ3) is 7.98. The molecule has 0 saturated heterocycles. The van der Waals surface area contributed by atoms with Crippen LogP contribution in [0.25, 0.3) is 11.0 Å². The van der Waals surface area contributed by atoms with Crippen molar-refractivity contribution >= 4 is 34.4 Å². The van der Waals surface area contributed by atoms with Gasteiger partial charge in [0.15, 0.2) is 0 Å². The number of carbonyl (C=O) groups excluding carboxylic acids is 2. The zero-order valence-corrected chi connectivity index (χ0v) is 25.2. The van der Waals surface area contributed by atoms with Gasteiger partial charge in [0.2, 0.25) is 5.91 Å². The fourth-order valence-corrected chi connectivity index (χ4v) is 5.32. The molecule has 0 aliphatic carbocycles. The lowest BCUT2D eigenvalue weighted by Crippen LogP contribution is -2.35. The third-order valence-electron chi connectivity index (χ3n) is 7.62. The van der Waals surface area contributed by atoms with E-state index in [4.69, 9.17) is 21.9 Å². The molecule has 0 aliphatic heterocycles. The Balaban J connectivity index is 1.35. The number of benzene rings is 3. The second-order valence-electron chi connectivity index (χ2n) is 10.8. The molecule has 2 amide bonds. The number of nitrogens with two attached hydrogens (primary N) is 2. The maximum atomic E-state index is 13.6. The van der Waals surface area contributed by atoms with Gasteiger partial charge in [-0.25, -0.2) is 4.98 Å². The Bertz CT molecular complexity index is 1750. The Morgan fingerprint density at radius 3 is 2.40 bits per heavy atom. The van der Waals surface area contributed by atoms with Crippen molar-refractivity contribution in [1.82, 2.24) is 19.9 Å². The summed E-state index contributed by atoms with van der Waals surface area (Å²) in [5, 5.41) is 10.7. The fourth-order valence-electron chi connectivity index (χ4n) is 5.32. The third-order valence-corrected chi connectivity index (χ3v) is 7.62. The summed E-state index contributed by atoms with van der Waals surface area (Å²) in [6, 6.07) is 26.6. The van der Waals surface area contributed by atoms with Crippen LogP contribution < -0.4 is 21.7 Å². The van der Waals surface area contributed by atoms with Crippen molar-refractivity contribution in [2.75, 3.05) is 24.5 Å². The molecule has 3 aromatic carbocycles. The quantitative estimate of drug-likeness (QED) is 0.0859. The van der Waals surface area contributed by atoms with Crippen molar-refractivity contribution in [2.24, 2.45) is 11.5 Å². The number of fused-ring (bicyclic) bond motifs is 1. The fraction of sp³-hybridized carbons (Fsp3) is 0.229. The molecule has 10 heteroatoms. The molecule has 0 fully saturated rings. The number of hydrogen-bond acceptors (Lipinski definition) is 6. The van der Waals surface area contributed by atoms with Crippen LogP contribution in [-0.2, 0) is 30.6 Å². The highest BCUT2D eigenvalue weighted by atomic mass is 16.2. The Kier molecular flexibility index (Phi) is 10.3. The molecule has 2 aromatic heterocycles. The number of aromatic nitrogens is 3. The van der Waals surface area contributed by atoms with Gasteiger partial charge in [0.05, 0.1) is 29.3 Å². The van der Waals surface area contributed by atoms with Crippen LogP contribution in [0.5, 0.6) is 0 Å². The summed E-state index contributed by atoms with van der Waals surface area (Å²) in [6.45, 7) is 1.87. The van der Waals surface area contributed by atoms with Gasteiger partial charge in [-0.2, -0.15) is 0 Å². The Morgan fingerprint density at radius 1 is 0.911 bits per heavy atom. The van der Waals surface area contributed by atoms with Crippen molar-refractivity contribution in [3.8, 4) is 0 Å². The first-order valence-corrected chi connectivity index (χ1v) is 15.1.